The van der Waals surface area contributed by atoms with Crippen molar-refractivity contribution >= 4 is 18.2 Å². The lowest BCUT2D eigenvalue weighted by Crippen LogP contribution is -2.29. The number of hydrogen-bond donors (Lipinski definition) is 0. The van der Waals surface area contributed by atoms with Crippen LogP contribution in [0.25, 0.3) is 12.2 Å². The van der Waals surface area contributed by atoms with E-state index in [1.165, 1.54) is 4.90 Å². The van der Waals surface area contributed by atoms with Crippen LogP contribution in [0.4, 0.5) is 4.79 Å². The summed E-state index contributed by atoms with van der Waals surface area (Å²) in [5.74, 6) is 1.99. The van der Waals surface area contributed by atoms with Crippen LogP contribution in [0.3, 0.4) is 0 Å². The van der Waals surface area contributed by atoms with E-state index in [-0.39, 0.29) is 6.09 Å². The van der Waals surface area contributed by atoms with Crippen molar-refractivity contribution in [3.8, 4) is 17.2 Å². The molecule has 0 saturated carbocycles. The van der Waals surface area contributed by atoms with Crippen molar-refractivity contribution in [3.63, 3.8) is 0 Å². The Bertz CT molecular complexity index is 716. The predicted octanol–water partition coefficient (Wildman–Crippen LogP) is 4.32. The van der Waals surface area contributed by atoms with E-state index >= 15 is 0 Å². The van der Waals surface area contributed by atoms with Gasteiger partial charge in [-0.1, -0.05) is 24.3 Å². The third kappa shape index (κ3) is 5.28. The SMILES string of the molecule is CCN(C)C(=O)Oc1ccc(/C=C/c2cc(OC)cc(OC)c2)cc1. The number of carbonyl (C=O) groups is 1. The molecule has 0 aliphatic carbocycles. The number of carbonyl (C=O) groups excluding carboxylic acids is 1. The van der Waals surface area contributed by atoms with Crippen LogP contribution < -0.4 is 14.2 Å². The molecule has 0 aliphatic rings. The molecule has 1 amide bonds. The fraction of sp³-hybridized carbons (Fsp3) is 0.250. The molecule has 132 valence electrons. The fourth-order valence-electron chi connectivity index (χ4n) is 2.07. The molecule has 0 aliphatic heterocycles. The maximum atomic E-state index is 11.7. The number of hydrogen-bond acceptors (Lipinski definition) is 4. The summed E-state index contributed by atoms with van der Waals surface area (Å²) in [5.41, 5.74) is 1.96. The highest BCUT2D eigenvalue weighted by Gasteiger charge is 2.08. The topological polar surface area (TPSA) is 48.0 Å². The first kappa shape index (κ1) is 18.4. The normalized spacial score (nSPS) is 10.6. The fourth-order valence-corrected chi connectivity index (χ4v) is 2.07. The van der Waals surface area contributed by atoms with E-state index in [1.54, 1.807) is 33.4 Å². The molecule has 2 aromatic carbocycles. The summed E-state index contributed by atoms with van der Waals surface area (Å²) < 4.78 is 15.8. The number of amides is 1. The van der Waals surface area contributed by atoms with Gasteiger partial charge >= 0.3 is 6.09 Å². The molecule has 25 heavy (non-hydrogen) atoms. The van der Waals surface area contributed by atoms with Gasteiger partial charge in [-0.3, -0.25) is 0 Å². The summed E-state index contributed by atoms with van der Waals surface area (Å²) in [7, 11) is 4.94. The molecule has 0 N–H and O–H groups in total. The van der Waals surface area contributed by atoms with Crippen LogP contribution in [0.15, 0.2) is 42.5 Å². The van der Waals surface area contributed by atoms with Gasteiger partial charge in [-0.2, -0.15) is 0 Å². The van der Waals surface area contributed by atoms with Gasteiger partial charge in [0, 0.05) is 19.7 Å². The zero-order valence-electron chi connectivity index (χ0n) is 15.0. The zero-order chi connectivity index (χ0) is 18.2. The minimum atomic E-state index is -0.366. The highest BCUT2D eigenvalue weighted by molar-refractivity contribution is 5.72. The van der Waals surface area contributed by atoms with E-state index in [0.717, 1.165) is 22.6 Å². The summed E-state index contributed by atoms with van der Waals surface area (Å²) in [6.45, 7) is 2.49. The third-order valence-corrected chi connectivity index (χ3v) is 3.71. The average molecular weight is 341 g/mol. The molecule has 0 unspecified atom stereocenters. The standard InChI is InChI=1S/C20H23NO4/c1-5-21(2)20(22)25-17-10-8-15(9-11-17)6-7-16-12-18(23-3)14-19(13-16)24-4/h6-14H,5H2,1-4H3/b7-6+. The van der Waals surface area contributed by atoms with Gasteiger partial charge in [-0.05, 0) is 42.3 Å². The van der Waals surface area contributed by atoms with Gasteiger partial charge in [0.25, 0.3) is 0 Å². The van der Waals surface area contributed by atoms with Crippen LogP contribution in [0.5, 0.6) is 17.2 Å². The number of ether oxygens (including phenoxy) is 3. The maximum absolute atomic E-state index is 11.7. The lowest BCUT2D eigenvalue weighted by atomic mass is 10.1. The van der Waals surface area contributed by atoms with E-state index in [2.05, 4.69) is 0 Å². The summed E-state index contributed by atoms with van der Waals surface area (Å²) in [6.07, 6.45) is 3.57. The molecular weight excluding hydrogens is 318 g/mol. The molecule has 0 atom stereocenters. The largest absolute Gasteiger partial charge is 0.497 e. The monoisotopic (exact) mass is 341 g/mol. The van der Waals surface area contributed by atoms with Gasteiger partial charge < -0.3 is 19.1 Å². The number of rotatable bonds is 6. The molecule has 0 saturated heterocycles. The molecule has 0 aromatic heterocycles. The third-order valence-electron chi connectivity index (χ3n) is 3.71. The van der Waals surface area contributed by atoms with Crippen molar-refractivity contribution < 1.29 is 19.0 Å². The molecule has 0 radical (unpaired) electrons. The summed E-state index contributed by atoms with van der Waals surface area (Å²) in [6, 6.07) is 13.0. The van der Waals surface area contributed by atoms with Crippen molar-refractivity contribution in [2.24, 2.45) is 0 Å². The van der Waals surface area contributed by atoms with Crippen molar-refractivity contribution in [1.82, 2.24) is 4.90 Å². The van der Waals surface area contributed by atoms with Crippen LogP contribution in [0.1, 0.15) is 18.1 Å². The lowest BCUT2D eigenvalue weighted by molar-refractivity contribution is 0.165. The van der Waals surface area contributed by atoms with Crippen LogP contribution in [0.2, 0.25) is 0 Å². The molecule has 0 heterocycles. The molecule has 2 aromatic rings. The van der Waals surface area contributed by atoms with Gasteiger partial charge in [0.1, 0.15) is 17.2 Å². The van der Waals surface area contributed by atoms with E-state index in [1.807, 2.05) is 49.4 Å². The molecule has 0 spiro atoms. The van der Waals surface area contributed by atoms with E-state index < -0.39 is 0 Å². The zero-order valence-corrected chi connectivity index (χ0v) is 15.0. The summed E-state index contributed by atoms with van der Waals surface area (Å²) in [4.78, 5) is 13.2. The van der Waals surface area contributed by atoms with Crippen LogP contribution in [-0.2, 0) is 0 Å². The smallest absolute Gasteiger partial charge is 0.414 e. The number of methoxy groups -OCH3 is 2. The first-order chi connectivity index (χ1) is 12.0. The molecular formula is C20H23NO4. The number of benzene rings is 2. The summed E-state index contributed by atoms with van der Waals surface area (Å²) in [5, 5.41) is 0. The first-order valence-electron chi connectivity index (χ1n) is 8.00. The van der Waals surface area contributed by atoms with Crippen molar-refractivity contribution in [2.75, 3.05) is 27.8 Å². The highest BCUT2D eigenvalue weighted by Crippen LogP contribution is 2.24. The second-order valence-electron chi connectivity index (χ2n) is 5.43. The Hall–Kier alpha value is -2.95. The minimum Gasteiger partial charge on any atom is -0.497 e. The van der Waals surface area contributed by atoms with Gasteiger partial charge in [0.15, 0.2) is 0 Å². The Kier molecular flexibility index (Phi) is 6.46. The molecule has 0 bridgehead atoms. The van der Waals surface area contributed by atoms with E-state index in [4.69, 9.17) is 14.2 Å². The van der Waals surface area contributed by atoms with Crippen molar-refractivity contribution in [3.05, 3.63) is 53.6 Å². The minimum absolute atomic E-state index is 0.366. The van der Waals surface area contributed by atoms with E-state index in [0.29, 0.717) is 12.3 Å². The Labute approximate surface area is 148 Å². The Morgan fingerprint density at radius 2 is 1.48 bits per heavy atom. The molecule has 2 rings (SSSR count). The average Bonchev–Trinajstić information content (AvgIpc) is 2.66. The molecule has 5 nitrogen and oxygen atoms in total. The summed E-state index contributed by atoms with van der Waals surface area (Å²) >= 11 is 0. The van der Waals surface area contributed by atoms with Gasteiger partial charge in [-0.15, -0.1) is 0 Å². The van der Waals surface area contributed by atoms with Crippen molar-refractivity contribution in [2.45, 2.75) is 6.92 Å². The van der Waals surface area contributed by atoms with Crippen LogP contribution in [0, 0.1) is 0 Å². The maximum Gasteiger partial charge on any atom is 0.414 e. The highest BCUT2D eigenvalue weighted by atomic mass is 16.6. The van der Waals surface area contributed by atoms with E-state index in [9.17, 15) is 4.79 Å². The van der Waals surface area contributed by atoms with Crippen LogP contribution in [-0.4, -0.2) is 38.8 Å². The second-order valence-corrected chi connectivity index (χ2v) is 5.43. The van der Waals surface area contributed by atoms with Gasteiger partial charge in [0.05, 0.1) is 14.2 Å². The predicted molar refractivity (Wildman–Crippen MR) is 99.2 cm³/mol. The van der Waals surface area contributed by atoms with Crippen molar-refractivity contribution in [1.29, 1.82) is 0 Å². The Morgan fingerprint density at radius 3 is 2.00 bits per heavy atom. The Balaban J connectivity index is 2.08. The van der Waals surface area contributed by atoms with Crippen LogP contribution >= 0.6 is 0 Å². The quantitative estimate of drug-likeness (QED) is 0.734. The second kappa shape index (κ2) is 8.78. The van der Waals surface area contributed by atoms with Gasteiger partial charge in [-0.25, -0.2) is 4.79 Å². The number of nitrogens with zero attached hydrogens (tertiary/aromatic N) is 1. The van der Waals surface area contributed by atoms with Gasteiger partial charge in [0.2, 0.25) is 0 Å². The Morgan fingerprint density at radius 1 is 0.920 bits per heavy atom. The molecule has 5 heteroatoms. The first-order valence-corrected chi connectivity index (χ1v) is 8.00. The lowest BCUT2D eigenvalue weighted by Gasteiger charge is -2.14. The molecule has 0 fully saturated rings.